The van der Waals surface area contributed by atoms with Gasteiger partial charge in [0.2, 0.25) is 0 Å². The third kappa shape index (κ3) is 3.03. The van der Waals surface area contributed by atoms with Crippen LogP contribution >= 0.6 is 0 Å². The van der Waals surface area contributed by atoms with E-state index < -0.39 is 0 Å². The summed E-state index contributed by atoms with van der Waals surface area (Å²) in [5.41, 5.74) is 2.48. The second-order valence-electron chi connectivity index (χ2n) is 4.53. The first kappa shape index (κ1) is 10.6. The largest absolute Gasteiger partial charge is 0.312 e. The fourth-order valence-electron chi connectivity index (χ4n) is 2.33. The van der Waals surface area contributed by atoms with Crippen LogP contribution in [0.5, 0.6) is 0 Å². The highest BCUT2D eigenvalue weighted by Crippen LogP contribution is 2.23. The van der Waals surface area contributed by atoms with Crippen molar-refractivity contribution in [2.24, 2.45) is 5.92 Å². The molecular formula is C13H20N2. The fraction of sp³-hybridized carbons (Fsp3) is 0.615. The van der Waals surface area contributed by atoms with Gasteiger partial charge in [-0.2, -0.15) is 0 Å². The van der Waals surface area contributed by atoms with Crippen LogP contribution in [0.15, 0.2) is 18.3 Å². The van der Waals surface area contributed by atoms with Crippen molar-refractivity contribution >= 4 is 0 Å². The van der Waals surface area contributed by atoms with Crippen LogP contribution in [0.1, 0.15) is 36.9 Å². The predicted octanol–water partition coefficient (Wildman–Crippen LogP) is 2.67. The number of nitrogens with zero attached hydrogens (tertiary/aromatic N) is 1. The molecule has 0 atom stereocenters. The number of hydrogen-bond acceptors (Lipinski definition) is 2. The summed E-state index contributed by atoms with van der Waals surface area (Å²) < 4.78 is 0. The van der Waals surface area contributed by atoms with Gasteiger partial charge in [0.15, 0.2) is 0 Å². The van der Waals surface area contributed by atoms with Crippen molar-refractivity contribution in [2.45, 2.75) is 39.2 Å². The molecule has 2 nitrogen and oxygen atoms in total. The summed E-state index contributed by atoms with van der Waals surface area (Å²) in [5, 5.41) is 3.54. The Morgan fingerprint density at radius 2 is 2.20 bits per heavy atom. The van der Waals surface area contributed by atoms with Gasteiger partial charge in [-0.1, -0.05) is 18.9 Å². The number of nitrogens with one attached hydrogen (secondary N) is 1. The summed E-state index contributed by atoms with van der Waals surface area (Å²) in [4.78, 5) is 4.29. The van der Waals surface area contributed by atoms with E-state index >= 15 is 0 Å². The van der Waals surface area contributed by atoms with Gasteiger partial charge in [-0.3, -0.25) is 4.98 Å². The van der Waals surface area contributed by atoms with Gasteiger partial charge in [-0.05, 0) is 43.9 Å². The summed E-state index contributed by atoms with van der Waals surface area (Å²) in [7, 11) is 0. The molecule has 1 N–H and O–H groups in total. The summed E-state index contributed by atoms with van der Waals surface area (Å²) >= 11 is 0. The monoisotopic (exact) mass is 204 g/mol. The standard InChI is InChI=1S/C13H20N2/c1-11-13(7-4-8-15-11)10-14-9-12-5-2-3-6-12/h4,7-8,12,14H,2-3,5-6,9-10H2,1H3. The lowest BCUT2D eigenvalue weighted by Crippen LogP contribution is -2.21. The quantitative estimate of drug-likeness (QED) is 0.815. The van der Waals surface area contributed by atoms with Crippen molar-refractivity contribution in [1.29, 1.82) is 0 Å². The number of rotatable bonds is 4. The zero-order chi connectivity index (χ0) is 10.5. The van der Waals surface area contributed by atoms with E-state index in [1.54, 1.807) is 0 Å². The van der Waals surface area contributed by atoms with Crippen LogP contribution in [0, 0.1) is 12.8 Å². The molecular weight excluding hydrogens is 184 g/mol. The lowest BCUT2D eigenvalue weighted by Gasteiger charge is -2.11. The van der Waals surface area contributed by atoms with Gasteiger partial charge < -0.3 is 5.32 Å². The van der Waals surface area contributed by atoms with Crippen molar-refractivity contribution in [2.75, 3.05) is 6.54 Å². The smallest absolute Gasteiger partial charge is 0.0417 e. The average Bonchev–Trinajstić information content (AvgIpc) is 2.74. The number of aromatic nitrogens is 1. The van der Waals surface area contributed by atoms with Crippen LogP contribution in [0.3, 0.4) is 0 Å². The molecule has 15 heavy (non-hydrogen) atoms. The van der Waals surface area contributed by atoms with Gasteiger partial charge in [0.1, 0.15) is 0 Å². The van der Waals surface area contributed by atoms with Gasteiger partial charge in [0.05, 0.1) is 0 Å². The molecule has 1 aromatic rings. The predicted molar refractivity (Wildman–Crippen MR) is 62.6 cm³/mol. The summed E-state index contributed by atoms with van der Waals surface area (Å²) in [6.07, 6.45) is 7.55. The number of aryl methyl sites for hydroxylation is 1. The molecule has 0 aliphatic heterocycles. The van der Waals surface area contributed by atoms with Crippen LogP contribution in [0.25, 0.3) is 0 Å². The molecule has 0 spiro atoms. The van der Waals surface area contributed by atoms with Crippen molar-refractivity contribution in [3.8, 4) is 0 Å². The molecule has 1 saturated carbocycles. The maximum Gasteiger partial charge on any atom is 0.0417 e. The van der Waals surface area contributed by atoms with Crippen LogP contribution in [0.2, 0.25) is 0 Å². The molecule has 1 heterocycles. The van der Waals surface area contributed by atoms with Crippen LogP contribution in [-0.2, 0) is 6.54 Å². The van der Waals surface area contributed by atoms with Gasteiger partial charge in [0.25, 0.3) is 0 Å². The van der Waals surface area contributed by atoms with Gasteiger partial charge in [-0.15, -0.1) is 0 Å². The van der Waals surface area contributed by atoms with E-state index in [2.05, 4.69) is 23.3 Å². The number of pyridine rings is 1. The second kappa shape index (κ2) is 5.26. The van der Waals surface area contributed by atoms with E-state index in [0.717, 1.165) is 18.2 Å². The Balaban J connectivity index is 1.75. The number of hydrogen-bond donors (Lipinski definition) is 1. The third-order valence-corrected chi connectivity index (χ3v) is 3.34. The molecule has 0 saturated heterocycles. The topological polar surface area (TPSA) is 24.9 Å². The Bertz CT molecular complexity index is 303. The van der Waals surface area contributed by atoms with Crippen LogP contribution < -0.4 is 5.32 Å². The highest BCUT2D eigenvalue weighted by atomic mass is 14.9. The fourth-order valence-corrected chi connectivity index (χ4v) is 2.33. The van der Waals surface area contributed by atoms with Gasteiger partial charge in [0, 0.05) is 18.4 Å². The van der Waals surface area contributed by atoms with E-state index in [0.29, 0.717) is 0 Å². The maximum atomic E-state index is 4.29. The van der Waals surface area contributed by atoms with E-state index in [-0.39, 0.29) is 0 Å². The van der Waals surface area contributed by atoms with Crippen molar-refractivity contribution in [1.82, 2.24) is 10.3 Å². The van der Waals surface area contributed by atoms with Crippen molar-refractivity contribution in [3.05, 3.63) is 29.6 Å². The lowest BCUT2D eigenvalue weighted by atomic mass is 10.1. The van der Waals surface area contributed by atoms with E-state index in [9.17, 15) is 0 Å². The van der Waals surface area contributed by atoms with E-state index in [1.807, 2.05) is 12.3 Å². The minimum absolute atomic E-state index is 0.918. The molecule has 2 rings (SSSR count). The van der Waals surface area contributed by atoms with E-state index in [4.69, 9.17) is 0 Å². The average molecular weight is 204 g/mol. The minimum atomic E-state index is 0.918. The van der Waals surface area contributed by atoms with Crippen LogP contribution in [-0.4, -0.2) is 11.5 Å². The maximum absolute atomic E-state index is 4.29. The molecule has 0 amide bonds. The highest BCUT2D eigenvalue weighted by Gasteiger charge is 2.13. The Hall–Kier alpha value is -0.890. The van der Waals surface area contributed by atoms with Crippen LogP contribution in [0.4, 0.5) is 0 Å². The molecule has 1 aromatic heterocycles. The first-order valence-corrected chi connectivity index (χ1v) is 5.97. The molecule has 0 bridgehead atoms. The molecule has 1 aliphatic carbocycles. The highest BCUT2D eigenvalue weighted by molar-refractivity contribution is 5.17. The first-order chi connectivity index (χ1) is 7.36. The zero-order valence-corrected chi connectivity index (χ0v) is 9.50. The molecule has 1 aliphatic rings. The SMILES string of the molecule is Cc1ncccc1CNCC1CCCC1. The molecule has 82 valence electrons. The molecule has 0 unspecified atom stereocenters. The zero-order valence-electron chi connectivity index (χ0n) is 9.50. The minimum Gasteiger partial charge on any atom is -0.312 e. The van der Waals surface area contributed by atoms with Gasteiger partial charge in [-0.25, -0.2) is 0 Å². The normalized spacial score (nSPS) is 17.1. The second-order valence-corrected chi connectivity index (χ2v) is 4.53. The Kier molecular flexibility index (Phi) is 3.73. The molecule has 0 aromatic carbocycles. The molecule has 2 heteroatoms. The Morgan fingerprint density at radius 3 is 2.93 bits per heavy atom. The van der Waals surface area contributed by atoms with E-state index in [1.165, 1.54) is 37.8 Å². The summed E-state index contributed by atoms with van der Waals surface area (Å²) in [5.74, 6) is 0.918. The van der Waals surface area contributed by atoms with Gasteiger partial charge >= 0.3 is 0 Å². The molecule has 1 fully saturated rings. The molecule has 0 radical (unpaired) electrons. The lowest BCUT2D eigenvalue weighted by molar-refractivity contribution is 0.488. The van der Waals surface area contributed by atoms with Crippen molar-refractivity contribution < 1.29 is 0 Å². The summed E-state index contributed by atoms with van der Waals surface area (Å²) in [6, 6.07) is 4.17. The Morgan fingerprint density at radius 1 is 1.40 bits per heavy atom. The summed E-state index contributed by atoms with van der Waals surface area (Å²) in [6.45, 7) is 4.22. The van der Waals surface area contributed by atoms with Crippen molar-refractivity contribution in [3.63, 3.8) is 0 Å². The Labute approximate surface area is 92.1 Å². The third-order valence-electron chi connectivity index (χ3n) is 3.34. The first-order valence-electron chi connectivity index (χ1n) is 5.97.